The maximum absolute atomic E-state index is 10.7. The Morgan fingerprint density at radius 1 is 0.556 bits per heavy atom. The topological polar surface area (TPSA) is 73.2 Å². The van der Waals surface area contributed by atoms with Crippen LogP contribution >= 0.6 is 0 Å². The molecule has 1 aliphatic heterocycles. The molecule has 0 aromatic carbocycles. The van der Waals surface area contributed by atoms with Crippen molar-refractivity contribution in [2.75, 3.05) is 0 Å². The van der Waals surface area contributed by atoms with Crippen molar-refractivity contribution >= 4 is 0 Å². The third kappa shape index (κ3) is 22.6. The summed E-state index contributed by atoms with van der Waals surface area (Å²) in [4.78, 5) is 0. The Morgan fingerprint density at radius 2 is 0.963 bits per heavy atom. The van der Waals surface area contributed by atoms with Crippen LogP contribution in [0.15, 0.2) is 154 Å². The summed E-state index contributed by atoms with van der Waals surface area (Å²) in [6.45, 7) is 27.7. The molecule has 1 fully saturated rings. The maximum Gasteiger partial charge on any atom is 0.106 e. The van der Waals surface area contributed by atoms with Gasteiger partial charge in [0, 0.05) is 11.8 Å². The van der Waals surface area contributed by atoms with Crippen molar-refractivity contribution in [1.82, 2.24) is 0 Å². The summed E-state index contributed by atoms with van der Waals surface area (Å²) < 4.78 is 6.02. The average Bonchev–Trinajstić information content (AvgIpc) is 3.81. The van der Waals surface area contributed by atoms with Gasteiger partial charge in [-0.1, -0.05) is 149 Å². The number of ether oxygens (including phenoxy) is 1. The van der Waals surface area contributed by atoms with Crippen molar-refractivity contribution in [3.63, 3.8) is 0 Å². The molecule has 298 valence electrons. The second-order valence-electron chi connectivity index (χ2n) is 17.1. The summed E-state index contributed by atoms with van der Waals surface area (Å²) in [7, 11) is 0. The van der Waals surface area contributed by atoms with Crippen LogP contribution in [0.5, 0.6) is 0 Å². The Kier molecular flexibility index (Phi) is 21.0. The van der Waals surface area contributed by atoms with Gasteiger partial charge in [-0.05, 0) is 122 Å². The first-order chi connectivity index (χ1) is 25.0. The lowest BCUT2D eigenvalue weighted by atomic mass is 9.83. The molecule has 54 heavy (non-hydrogen) atoms. The van der Waals surface area contributed by atoms with Crippen LogP contribution < -0.4 is 0 Å². The van der Waals surface area contributed by atoms with Gasteiger partial charge in [-0.2, -0.15) is 0 Å². The van der Waals surface area contributed by atoms with Crippen molar-refractivity contribution in [2.24, 2.45) is 11.8 Å². The number of hydrogen-bond donors (Lipinski definition) is 3. The number of aliphatic hydroxyl groups is 3. The van der Waals surface area contributed by atoms with E-state index >= 15 is 0 Å². The van der Waals surface area contributed by atoms with E-state index in [1.54, 1.807) is 13.8 Å². The third-order valence-electron chi connectivity index (χ3n) is 9.33. The lowest BCUT2D eigenvalue weighted by Gasteiger charge is -2.29. The zero-order valence-electron chi connectivity index (χ0n) is 36.2. The van der Waals surface area contributed by atoms with Gasteiger partial charge in [0.15, 0.2) is 0 Å². The van der Waals surface area contributed by atoms with Gasteiger partial charge in [0.2, 0.25) is 0 Å². The van der Waals surface area contributed by atoms with Crippen LogP contribution in [0.1, 0.15) is 116 Å². The van der Waals surface area contributed by atoms with Crippen molar-refractivity contribution in [3.8, 4) is 0 Å². The van der Waals surface area contributed by atoms with Gasteiger partial charge in [0.1, 0.15) is 6.10 Å². The molecule has 1 saturated heterocycles. The van der Waals surface area contributed by atoms with Crippen LogP contribution in [0.2, 0.25) is 0 Å². The van der Waals surface area contributed by atoms with Gasteiger partial charge in [0.05, 0.1) is 22.9 Å². The monoisotopic (exact) mass is 739 g/mol. The predicted molar refractivity (Wildman–Crippen MR) is 235 cm³/mol. The molecule has 1 rings (SSSR count). The van der Waals surface area contributed by atoms with Gasteiger partial charge in [0.25, 0.3) is 0 Å². The third-order valence-corrected chi connectivity index (χ3v) is 9.33. The van der Waals surface area contributed by atoms with E-state index in [2.05, 4.69) is 152 Å². The van der Waals surface area contributed by atoms with E-state index in [4.69, 9.17) is 4.74 Å². The molecule has 0 aliphatic carbocycles. The van der Waals surface area contributed by atoms with E-state index in [0.717, 1.165) is 40.7 Å². The second kappa shape index (κ2) is 23.4. The van der Waals surface area contributed by atoms with E-state index in [-0.39, 0.29) is 24.0 Å². The lowest BCUT2D eigenvalue weighted by Crippen LogP contribution is -2.35. The summed E-state index contributed by atoms with van der Waals surface area (Å²) in [5.74, 6) is 0.0308. The molecule has 1 aliphatic rings. The fraction of sp³-hybridized carbons (Fsp3) is 0.480. The SMILES string of the molecule is CC(C)=CC[C@@H]([C@H]1O[C@@H]1/C(C)=C/C=C/C(C)=C\C=C\C(C)=C\C=C\C=C(C)\C=C\C=C(C)\C=C\C=C(C)\C=C\[C@H](CCC(C)(C)O)C(C)(C)O)C(C)(C)O. The highest BCUT2D eigenvalue weighted by Gasteiger charge is 2.49. The molecule has 0 aromatic rings. The van der Waals surface area contributed by atoms with E-state index in [9.17, 15) is 15.3 Å². The highest BCUT2D eigenvalue weighted by atomic mass is 16.6. The second-order valence-corrected chi connectivity index (χ2v) is 17.1. The van der Waals surface area contributed by atoms with Crippen LogP contribution in [0.4, 0.5) is 0 Å². The van der Waals surface area contributed by atoms with E-state index in [1.807, 2.05) is 46.8 Å². The number of rotatable bonds is 21. The van der Waals surface area contributed by atoms with Gasteiger partial charge >= 0.3 is 0 Å². The molecule has 4 nitrogen and oxygen atoms in total. The molecular weight excluding hydrogens is 665 g/mol. The summed E-state index contributed by atoms with van der Waals surface area (Å²) in [5.41, 5.74) is 5.79. The van der Waals surface area contributed by atoms with Gasteiger partial charge < -0.3 is 20.1 Å². The minimum atomic E-state index is -0.846. The standard InChI is InChI=1S/C50H74O4/c1-37(2)31-34-45(50(13,14)53)47-46(54-47)43(8)30-20-29-41(6)26-18-24-39(4)22-16-15-21-38(3)23-17-25-40(5)27-19-28-42(7)32-33-44(49(11,12)52)35-36-48(9,10)51/h15-33,44-47,51-53H,34-36H2,1-14H3/b16-15+,23-17+,24-18+,27-19+,29-20+,33-32+,38-21+,39-22+,40-25+,41-26-,42-28+,43-30+/t44-,45+,46-,47-/m1/s1. The normalized spacial score (nSPS) is 20.5. The van der Waals surface area contributed by atoms with E-state index in [0.29, 0.717) is 6.42 Å². The number of epoxide rings is 1. The minimum absolute atomic E-state index is 0.0359. The molecule has 0 spiro atoms. The molecular formula is C50H74O4. The Balaban J connectivity index is 2.64. The molecule has 0 aromatic heterocycles. The fourth-order valence-electron chi connectivity index (χ4n) is 5.64. The van der Waals surface area contributed by atoms with Crippen molar-refractivity contribution in [3.05, 3.63) is 154 Å². The van der Waals surface area contributed by atoms with Crippen LogP contribution in [0.3, 0.4) is 0 Å². The Morgan fingerprint density at radius 3 is 1.35 bits per heavy atom. The molecule has 1 heterocycles. The zero-order valence-corrected chi connectivity index (χ0v) is 36.2. The molecule has 0 saturated carbocycles. The molecule has 0 radical (unpaired) electrons. The summed E-state index contributed by atoms with van der Waals surface area (Å²) in [5, 5.41) is 31.4. The molecule has 4 heteroatoms. The number of hydrogen-bond acceptors (Lipinski definition) is 4. The first-order valence-electron chi connectivity index (χ1n) is 19.6. The summed E-state index contributed by atoms with van der Waals surface area (Å²) >= 11 is 0. The first kappa shape index (κ1) is 48.5. The van der Waals surface area contributed by atoms with Gasteiger partial charge in [-0.25, -0.2) is 0 Å². The lowest BCUT2D eigenvalue weighted by molar-refractivity contribution is 0.00579. The molecule has 0 bridgehead atoms. The Bertz CT molecular complexity index is 1580. The van der Waals surface area contributed by atoms with Crippen molar-refractivity contribution in [2.45, 2.75) is 145 Å². The fourth-order valence-corrected chi connectivity index (χ4v) is 5.64. The van der Waals surface area contributed by atoms with Crippen LogP contribution in [0.25, 0.3) is 0 Å². The maximum atomic E-state index is 10.7. The van der Waals surface area contributed by atoms with E-state index in [1.165, 1.54) is 11.1 Å². The largest absolute Gasteiger partial charge is 0.390 e. The van der Waals surface area contributed by atoms with Gasteiger partial charge in [-0.15, -0.1) is 0 Å². The highest BCUT2D eigenvalue weighted by Crippen LogP contribution is 2.41. The molecule has 0 amide bonds. The van der Waals surface area contributed by atoms with Crippen molar-refractivity contribution in [1.29, 1.82) is 0 Å². The summed E-state index contributed by atoms with van der Waals surface area (Å²) in [6, 6.07) is 0. The minimum Gasteiger partial charge on any atom is -0.390 e. The van der Waals surface area contributed by atoms with Gasteiger partial charge in [-0.3, -0.25) is 0 Å². The van der Waals surface area contributed by atoms with E-state index < -0.39 is 16.8 Å². The van der Waals surface area contributed by atoms with Crippen molar-refractivity contribution < 1.29 is 20.1 Å². The van der Waals surface area contributed by atoms with Crippen LogP contribution in [-0.4, -0.2) is 44.3 Å². The summed E-state index contributed by atoms with van der Waals surface area (Å²) in [6.07, 6.45) is 41.9. The smallest absolute Gasteiger partial charge is 0.106 e. The van der Waals surface area contributed by atoms with Crippen LogP contribution in [0, 0.1) is 11.8 Å². The Hall–Kier alpha value is -3.54. The van der Waals surface area contributed by atoms with Crippen LogP contribution in [-0.2, 0) is 4.74 Å². The predicted octanol–water partition coefficient (Wildman–Crippen LogP) is 12.5. The Labute approximate surface area is 330 Å². The molecule has 0 unspecified atom stereocenters. The number of allylic oxidation sites excluding steroid dienone is 24. The quantitative estimate of drug-likeness (QED) is 0.0623. The molecule has 3 N–H and O–H groups in total. The average molecular weight is 739 g/mol. The zero-order chi connectivity index (χ0) is 41.1. The highest BCUT2D eigenvalue weighted by molar-refractivity contribution is 5.33. The first-order valence-corrected chi connectivity index (χ1v) is 19.6. The molecule has 4 atom stereocenters.